The number of thiazole rings is 1. The Kier molecular flexibility index (Phi) is 4.91. The number of carbonyl (C=O) groups is 1. The quantitative estimate of drug-likeness (QED) is 0.475. The molecule has 0 atom stereocenters. The summed E-state index contributed by atoms with van der Waals surface area (Å²) in [4.78, 5) is 22.1. The van der Waals surface area contributed by atoms with Crippen LogP contribution in [0.2, 0.25) is 0 Å². The lowest BCUT2D eigenvalue weighted by molar-refractivity contribution is -0.130. The maximum atomic E-state index is 12.9. The number of rotatable bonds is 3. The summed E-state index contributed by atoms with van der Waals surface area (Å²) in [6, 6.07) is 19.0. The summed E-state index contributed by atoms with van der Waals surface area (Å²) in [7, 11) is 0. The van der Waals surface area contributed by atoms with Crippen LogP contribution < -0.4 is 4.90 Å². The van der Waals surface area contributed by atoms with Gasteiger partial charge in [0.1, 0.15) is 0 Å². The molecule has 4 nitrogen and oxygen atoms in total. The van der Waals surface area contributed by atoms with Crippen molar-refractivity contribution in [2.75, 3.05) is 31.1 Å². The van der Waals surface area contributed by atoms with Gasteiger partial charge in [-0.05, 0) is 47.4 Å². The van der Waals surface area contributed by atoms with Gasteiger partial charge in [0.25, 0.3) is 0 Å². The molecule has 1 aliphatic rings. The predicted octanol–water partition coefficient (Wildman–Crippen LogP) is 4.96. The van der Waals surface area contributed by atoms with Gasteiger partial charge in [-0.25, -0.2) is 4.98 Å². The Bertz CT molecular complexity index is 1240. The van der Waals surface area contributed by atoms with E-state index in [1.807, 2.05) is 17.0 Å². The molecule has 3 aromatic carbocycles. The first-order chi connectivity index (χ1) is 14.6. The molecule has 1 fully saturated rings. The molecular formula is C25H25N3OS. The fraction of sp³-hybridized carbons (Fsp3) is 0.280. The van der Waals surface area contributed by atoms with Crippen LogP contribution in [0.1, 0.15) is 16.7 Å². The summed E-state index contributed by atoms with van der Waals surface area (Å²) >= 11 is 1.76. The Balaban J connectivity index is 1.25. The summed E-state index contributed by atoms with van der Waals surface area (Å²) in [6.45, 7) is 7.43. The highest BCUT2D eigenvalue weighted by atomic mass is 32.1. The molecule has 2 heterocycles. The number of nitrogens with zero attached hydrogens (tertiary/aromatic N) is 3. The van der Waals surface area contributed by atoms with Crippen molar-refractivity contribution in [2.45, 2.75) is 20.3 Å². The Hall–Kier alpha value is -2.92. The van der Waals surface area contributed by atoms with Gasteiger partial charge >= 0.3 is 0 Å². The molecule has 0 bridgehead atoms. The van der Waals surface area contributed by atoms with Crippen molar-refractivity contribution in [2.24, 2.45) is 0 Å². The number of hydrogen-bond donors (Lipinski definition) is 0. The second kappa shape index (κ2) is 7.73. The molecule has 0 aliphatic carbocycles. The predicted molar refractivity (Wildman–Crippen MR) is 126 cm³/mol. The van der Waals surface area contributed by atoms with Crippen LogP contribution >= 0.6 is 11.3 Å². The number of anilines is 1. The molecule has 1 saturated heterocycles. The van der Waals surface area contributed by atoms with Crippen LogP contribution in [0.3, 0.4) is 0 Å². The monoisotopic (exact) mass is 415 g/mol. The SMILES string of the molecule is Cc1cc(C)c2nc(N3CCN(C(=O)Cc4ccc5ccccc5c4)CC3)sc2c1. The lowest BCUT2D eigenvalue weighted by Gasteiger charge is -2.34. The summed E-state index contributed by atoms with van der Waals surface area (Å²) in [6.07, 6.45) is 0.463. The van der Waals surface area contributed by atoms with Crippen molar-refractivity contribution in [1.82, 2.24) is 9.88 Å². The number of hydrogen-bond acceptors (Lipinski definition) is 4. The van der Waals surface area contributed by atoms with Crippen molar-refractivity contribution in [1.29, 1.82) is 0 Å². The van der Waals surface area contributed by atoms with Crippen LogP contribution in [0.15, 0.2) is 54.6 Å². The van der Waals surface area contributed by atoms with E-state index in [0.29, 0.717) is 6.42 Å². The Morgan fingerprint density at radius 1 is 0.967 bits per heavy atom. The molecular weight excluding hydrogens is 390 g/mol. The Morgan fingerprint density at radius 2 is 1.73 bits per heavy atom. The summed E-state index contributed by atoms with van der Waals surface area (Å²) < 4.78 is 1.25. The van der Waals surface area contributed by atoms with E-state index >= 15 is 0 Å². The largest absolute Gasteiger partial charge is 0.345 e. The fourth-order valence-electron chi connectivity index (χ4n) is 4.28. The number of amides is 1. The summed E-state index contributed by atoms with van der Waals surface area (Å²) in [5.74, 6) is 0.209. The standard InChI is InChI=1S/C25H25N3OS/c1-17-13-18(2)24-22(14-17)30-25(26-24)28-11-9-27(10-12-28)23(29)16-19-7-8-20-5-3-4-6-21(20)15-19/h3-8,13-15H,9-12,16H2,1-2H3. The number of carbonyl (C=O) groups excluding carboxylic acids is 1. The summed E-state index contributed by atoms with van der Waals surface area (Å²) in [5.41, 5.74) is 4.70. The van der Waals surface area contributed by atoms with E-state index in [4.69, 9.17) is 4.98 Å². The van der Waals surface area contributed by atoms with Crippen LogP contribution in [0.25, 0.3) is 21.0 Å². The van der Waals surface area contributed by atoms with Crippen molar-refractivity contribution >= 4 is 43.4 Å². The minimum absolute atomic E-state index is 0.209. The molecule has 0 N–H and O–H groups in total. The number of aromatic nitrogens is 1. The average Bonchev–Trinajstić information content (AvgIpc) is 3.18. The van der Waals surface area contributed by atoms with Crippen LogP contribution in [0.5, 0.6) is 0 Å². The van der Waals surface area contributed by atoms with Crippen LogP contribution in [-0.4, -0.2) is 42.0 Å². The van der Waals surface area contributed by atoms with E-state index in [1.54, 1.807) is 11.3 Å². The molecule has 1 amide bonds. The molecule has 0 spiro atoms. The van der Waals surface area contributed by atoms with Gasteiger partial charge < -0.3 is 9.80 Å². The minimum Gasteiger partial charge on any atom is -0.345 e. The second-order valence-corrected chi connectivity index (χ2v) is 9.16. The third-order valence-corrected chi connectivity index (χ3v) is 6.95. The van der Waals surface area contributed by atoms with Gasteiger partial charge in [0.05, 0.1) is 16.6 Å². The van der Waals surface area contributed by atoms with Crippen molar-refractivity contribution in [3.63, 3.8) is 0 Å². The summed E-state index contributed by atoms with van der Waals surface area (Å²) in [5, 5.41) is 3.47. The third kappa shape index (κ3) is 3.65. The van der Waals surface area contributed by atoms with Gasteiger partial charge in [-0.2, -0.15) is 0 Å². The highest BCUT2D eigenvalue weighted by Crippen LogP contribution is 2.32. The first kappa shape index (κ1) is 19.1. The normalized spacial score (nSPS) is 14.6. The fourth-order valence-corrected chi connectivity index (χ4v) is 5.47. The van der Waals surface area contributed by atoms with E-state index in [1.165, 1.54) is 26.6 Å². The van der Waals surface area contributed by atoms with Gasteiger partial charge in [-0.1, -0.05) is 59.9 Å². The molecule has 152 valence electrons. The number of benzene rings is 3. The van der Waals surface area contributed by atoms with E-state index < -0.39 is 0 Å². The maximum Gasteiger partial charge on any atom is 0.227 e. The van der Waals surface area contributed by atoms with E-state index in [0.717, 1.165) is 42.4 Å². The minimum atomic E-state index is 0.209. The zero-order valence-corrected chi connectivity index (χ0v) is 18.2. The lowest BCUT2D eigenvalue weighted by atomic mass is 10.0. The number of piperazine rings is 1. The highest BCUT2D eigenvalue weighted by molar-refractivity contribution is 7.22. The number of aryl methyl sites for hydroxylation is 2. The number of fused-ring (bicyclic) bond motifs is 2. The molecule has 1 aliphatic heterocycles. The molecule has 0 radical (unpaired) electrons. The van der Waals surface area contributed by atoms with Crippen molar-refractivity contribution in [3.8, 4) is 0 Å². The zero-order valence-electron chi connectivity index (χ0n) is 17.4. The first-order valence-corrected chi connectivity index (χ1v) is 11.3. The molecule has 0 unspecified atom stereocenters. The van der Waals surface area contributed by atoms with Gasteiger partial charge in [0.2, 0.25) is 5.91 Å². The van der Waals surface area contributed by atoms with Crippen LogP contribution in [0.4, 0.5) is 5.13 Å². The molecule has 5 heteroatoms. The van der Waals surface area contributed by atoms with Gasteiger partial charge in [-0.15, -0.1) is 0 Å². The zero-order chi connectivity index (χ0) is 20.7. The van der Waals surface area contributed by atoms with E-state index in [-0.39, 0.29) is 5.91 Å². The van der Waals surface area contributed by atoms with Crippen LogP contribution in [-0.2, 0) is 11.2 Å². The molecule has 5 rings (SSSR count). The average molecular weight is 416 g/mol. The highest BCUT2D eigenvalue weighted by Gasteiger charge is 2.23. The molecule has 30 heavy (non-hydrogen) atoms. The molecule has 0 saturated carbocycles. The van der Waals surface area contributed by atoms with Gasteiger partial charge in [0.15, 0.2) is 5.13 Å². The second-order valence-electron chi connectivity index (χ2n) is 8.15. The molecule has 1 aromatic heterocycles. The van der Waals surface area contributed by atoms with Gasteiger partial charge in [0, 0.05) is 26.2 Å². The van der Waals surface area contributed by atoms with Crippen molar-refractivity contribution in [3.05, 3.63) is 71.3 Å². The van der Waals surface area contributed by atoms with Crippen LogP contribution in [0, 0.1) is 13.8 Å². The smallest absolute Gasteiger partial charge is 0.227 e. The lowest BCUT2D eigenvalue weighted by Crippen LogP contribution is -2.49. The Labute approximate surface area is 180 Å². The van der Waals surface area contributed by atoms with E-state index in [2.05, 4.69) is 61.2 Å². The third-order valence-electron chi connectivity index (χ3n) is 5.89. The first-order valence-electron chi connectivity index (χ1n) is 10.4. The topological polar surface area (TPSA) is 36.4 Å². The Morgan fingerprint density at radius 3 is 2.53 bits per heavy atom. The molecule has 4 aromatic rings. The van der Waals surface area contributed by atoms with Crippen molar-refractivity contribution < 1.29 is 4.79 Å². The van der Waals surface area contributed by atoms with E-state index in [9.17, 15) is 4.79 Å². The van der Waals surface area contributed by atoms with Gasteiger partial charge in [-0.3, -0.25) is 4.79 Å². The maximum absolute atomic E-state index is 12.9.